The predicted octanol–water partition coefficient (Wildman–Crippen LogP) is 4.21. The summed E-state index contributed by atoms with van der Waals surface area (Å²) in [7, 11) is 0. The molecule has 0 saturated carbocycles. The van der Waals surface area contributed by atoms with E-state index >= 15 is 0 Å². The van der Waals surface area contributed by atoms with Crippen LogP contribution in [-0.4, -0.2) is 18.6 Å². The first-order chi connectivity index (χ1) is 11.6. The first-order valence-corrected chi connectivity index (χ1v) is 8.41. The van der Waals surface area contributed by atoms with Gasteiger partial charge in [0.2, 0.25) is 0 Å². The lowest BCUT2D eigenvalue weighted by Gasteiger charge is -2.17. The SMILES string of the molecule is CCOc1ccc(CNC(=O)[C@H](CC)Oc2ccc(Cl)cc2)cc1. The fraction of sp³-hybridized carbons (Fsp3) is 0.316. The highest BCUT2D eigenvalue weighted by molar-refractivity contribution is 6.30. The van der Waals surface area contributed by atoms with Gasteiger partial charge < -0.3 is 14.8 Å². The minimum absolute atomic E-state index is 0.138. The molecule has 0 aliphatic carbocycles. The van der Waals surface area contributed by atoms with Gasteiger partial charge in [-0.05, 0) is 55.3 Å². The van der Waals surface area contributed by atoms with Crippen molar-refractivity contribution in [2.75, 3.05) is 6.61 Å². The number of ether oxygens (including phenoxy) is 2. The monoisotopic (exact) mass is 347 g/mol. The number of halogens is 1. The van der Waals surface area contributed by atoms with Crippen LogP contribution in [0.1, 0.15) is 25.8 Å². The van der Waals surface area contributed by atoms with E-state index in [9.17, 15) is 4.79 Å². The number of carbonyl (C=O) groups is 1. The van der Waals surface area contributed by atoms with Gasteiger partial charge in [-0.1, -0.05) is 30.7 Å². The van der Waals surface area contributed by atoms with Crippen LogP contribution in [0.25, 0.3) is 0 Å². The minimum Gasteiger partial charge on any atom is -0.494 e. The van der Waals surface area contributed by atoms with Crippen molar-refractivity contribution in [2.45, 2.75) is 32.9 Å². The van der Waals surface area contributed by atoms with Crippen LogP contribution in [0.3, 0.4) is 0 Å². The molecule has 0 aliphatic heterocycles. The second kappa shape index (κ2) is 9.18. The quantitative estimate of drug-likeness (QED) is 0.778. The van der Waals surface area contributed by atoms with E-state index in [1.165, 1.54) is 0 Å². The van der Waals surface area contributed by atoms with Crippen LogP contribution in [-0.2, 0) is 11.3 Å². The number of hydrogen-bond donors (Lipinski definition) is 1. The maximum atomic E-state index is 12.3. The maximum absolute atomic E-state index is 12.3. The van der Waals surface area contributed by atoms with Gasteiger partial charge in [0.25, 0.3) is 5.91 Å². The van der Waals surface area contributed by atoms with Crippen molar-refractivity contribution < 1.29 is 14.3 Å². The van der Waals surface area contributed by atoms with Gasteiger partial charge in [-0.15, -0.1) is 0 Å². The van der Waals surface area contributed by atoms with Crippen molar-refractivity contribution >= 4 is 17.5 Å². The zero-order chi connectivity index (χ0) is 17.4. The molecule has 0 aliphatic rings. The van der Waals surface area contributed by atoms with Gasteiger partial charge in [0.1, 0.15) is 11.5 Å². The molecule has 2 aromatic carbocycles. The zero-order valence-electron chi connectivity index (χ0n) is 13.9. The molecule has 5 heteroatoms. The average molecular weight is 348 g/mol. The molecule has 1 N–H and O–H groups in total. The molecule has 0 aromatic heterocycles. The van der Waals surface area contributed by atoms with Crippen molar-refractivity contribution in [2.24, 2.45) is 0 Å². The van der Waals surface area contributed by atoms with Crippen LogP contribution in [0, 0.1) is 0 Å². The Morgan fingerprint density at radius 1 is 1.04 bits per heavy atom. The van der Waals surface area contributed by atoms with Crippen molar-refractivity contribution in [1.29, 1.82) is 0 Å². The molecule has 2 rings (SSSR count). The smallest absolute Gasteiger partial charge is 0.261 e. The Morgan fingerprint density at radius 3 is 2.25 bits per heavy atom. The van der Waals surface area contributed by atoms with Gasteiger partial charge in [0.15, 0.2) is 6.10 Å². The Kier molecular flexibility index (Phi) is 6.94. The lowest BCUT2D eigenvalue weighted by molar-refractivity contribution is -0.128. The first-order valence-electron chi connectivity index (χ1n) is 8.04. The molecule has 0 radical (unpaired) electrons. The summed E-state index contributed by atoms with van der Waals surface area (Å²) < 4.78 is 11.1. The molecule has 0 fully saturated rings. The number of rotatable bonds is 8. The Hall–Kier alpha value is -2.20. The van der Waals surface area contributed by atoms with Crippen LogP contribution >= 0.6 is 11.6 Å². The highest BCUT2D eigenvalue weighted by Gasteiger charge is 2.18. The van der Waals surface area contributed by atoms with Crippen molar-refractivity contribution in [1.82, 2.24) is 5.32 Å². The van der Waals surface area contributed by atoms with E-state index in [4.69, 9.17) is 21.1 Å². The van der Waals surface area contributed by atoms with Crippen LogP contribution < -0.4 is 14.8 Å². The summed E-state index contributed by atoms with van der Waals surface area (Å²) in [6.07, 6.45) is 0.0476. The lowest BCUT2D eigenvalue weighted by atomic mass is 10.2. The molecule has 0 saturated heterocycles. The van der Waals surface area contributed by atoms with E-state index in [0.29, 0.717) is 30.3 Å². The highest BCUT2D eigenvalue weighted by atomic mass is 35.5. The van der Waals surface area contributed by atoms with Crippen LogP contribution in [0.15, 0.2) is 48.5 Å². The third-order valence-electron chi connectivity index (χ3n) is 3.46. The van der Waals surface area contributed by atoms with Crippen molar-refractivity contribution in [3.05, 3.63) is 59.1 Å². The molecule has 0 bridgehead atoms. The molecule has 0 unspecified atom stereocenters. The maximum Gasteiger partial charge on any atom is 0.261 e. The van der Waals surface area contributed by atoms with Gasteiger partial charge in [-0.25, -0.2) is 0 Å². The lowest BCUT2D eigenvalue weighted by Crippen LogP contribution is -2.37. The second-order valence-corrected chi connectivity index (χ2v) is 5.70. The van der Waals surface area contributed by atoms with Crippen molar-refractivity contribution in [3.63, 3.8) is 0 Å². The van der Waals surface area contributed by atoms with E-state index in [1.807, 2.05) is 38.1 Å². The van der Waals surface area contributed by atoms with E-state index < -0.39 is 6.10 Å². The zero-order valence-corrected chi connectivity index (χ0v) is 14.7. The summed E-state index contributed by atoms with van der Waals surface area (Å²) in [5.41, 5.74) is 1.01. The van der Waals surface area contributed by atoms with Gasteiger partial charge in [-0.3, -0.25) is 4.79 Å². The topological polar surface area (TPSA) is 47.6 Å². The molecule has 1 atom stereocenters. The summed E-state index contributed by atoms with van der Waals surface area (Å²) in [4.78, 5) is 12.3. The summed E-state index contributed by atoms with van der Waals surface area (Å²) in [5.74, 6) is 1.31. The number of nitrogens with one attached hydrogen (secondary N) is 1. The van der Waals surface area contributed by atoms with E-state index in [2.05, 4.69) is 5.32 Å². The van der Waals surface area contributed by atoms with Crippen molar-refractivity contribution in [3.8, 4) is 11.5 Å². The number of benzene rings is 2. The Balaban J connectivity index is 1.88. The van der Waals surface area contributed by atoms with Gasteiger partial charge >= 0.3 is 0 Å². The van der Waals surface area contributed by atoms with Crippen LogP contribution in [0.4, 0.5) is 0 Å². The summed E-state index contributed by atoms with van der Waals surface area (Å²) in [6.45, 7) is 4.94. The normalized spacial score (nSPS) is 11.6. The standard InChI is InChI=1S/C19H22ClNO3/c1-3-18(24-17-11-7-15(20)8-12-17)19(22)21-13-14-5-9-16(10-6-14)23-4-2/h5-12,18H,3-4,13H2,1-2H3,(H,21,22)/t18-/m0/s1. The van der Waals surface area contributed by atoms with E-state index in [0.717, 1.165) is 11.3 Å². The first kappa shape index (κ1) is 18.1. The Bertz CT molecular complexity index is 641. The molecular formula is C19H22ClNO3. The third kappa shape index (κ3) is 5.46. The number of carbonyl (C=O) groups excluding carboxylic acids is 1. The Labute approximate surface area is 147 Å². The average Bonchev–Trinajstić information content (AvgIpc) is 2.60. The molecule has 0 heterocycles. The minimum atomic E-state index is -0.533. The molecule has 4 nitrogen and oxygen atoms in total. The van der Waals surface area contributed by atoms with E-state index in [-0.39, 0.29) is 5.91 Å². The second-order valence-electron chi connectivity index (χ2n) is 5.26. The summed E-state index contributed by atoms with van der Waals surface area (Å²) in [6, 6.07) is 14.6. The fourth-order valence-corrected chi connectivity index (χ4v) is 2.30. The summed E-state index contributed by atoms with van der Waals surface area (Å²) in [5, 5.41) is 3.54. The predicted molar refractivity (Wildman–Crippen MR) is 95.6 cm³/mol. The fourth-order valence-electron chi connectivity index (χ4n) is 2.17. The molecule has 1 amide bonds. The summed E-state index contributed by atoms with van der Waals surface area (Å²) >= 11 is 5.85. The van der Waals surface area contributed by atoms with Gasteiger partial charge in [0, 0.05) is 11.6 Å². The molecule has 24 heavy (non-hydrogen) atoms. The Morgan fingerprint density at radius 2 is 1.67 bits per heavy atom. The molecule has 0 spiro atoms. The van der Waals surface area contributed by atoms with Gasteiger partial charge in [0.05, 0.1) is 6.61 Å². The molecular weight excluding hydrogens is 326 g/mol. The van der Waals surface area contributed by atoms with Gasteiger partial charge in [-0.2, -0.15) is 0 Å². The third-order valence-corrected chi connectivity index (χ3v) is 3.71. The number of amides is 1. The van der Waals surface area contributed by atoms with E-state index in [1.54, 1.807) is 24.3 Å². The van der Waals surface area contributed by atoms with Crippen LogP contribution in [0.2, 0.25) is 5.02 Å². The van der Waals surface area contributed by atoms with Crippen LogP contribution in [0.5, 0.6) is 11.5 Å². The largest absolute Gasteiger partial charge is 0.494 e. The molecule has 128 valence electrons. The number of hydrogen-bond acceptors (Lipinski definition) is 3. The molecule has 2 aromatic rings. The highest BCUT2D eigenvalue weighted by Crippen LogP contribution is 2.18.